The number of benzene rings is 2. The van der Waals surface area contributed by atoms with Crippen LogP contribution in [0.1, 0.15) is 26.3 Å². The number of alkyl halides is 3. The fraction of sp³-hybridized carbons (Fsp3) is 0.0667. The van der Waals surface area contributed by atoms with Gasteiger partial charge in [-0.2, -0.15) is 13.2 Å². The van der Waals surface area contributed by atoms with Crippen molar-refractivity contribution in [2.75, 3.05) is 4.90 Å². The molecule has 0 saturated carbocycles. The van der Waals surface area contributed by atoms with Crippen molar-refractivity contribution in [3.05, 3.63) is 69.3 Å². The molecule has 0 saturated heterocycles. The van der Waals surface area contributed by atoms with Crippen molar-refractivity contribution in [3.63, 3.8) is 0 Å². The molecule has 3 rings (SSSR count). The van der Waals surface area contributed by atoms with E-state index < -0.39 is 39.9 Å². The predicted octanol–water partition coefficient (Wildman–Crippen LogP) is 3.41. The normalized spacial score (nSPS) is 14.0. The molecule has 0 spiro atoms. The van der Waals surface area contributed by atoms with Crippen LogP contribution in [0.15, 0.2) is 42.5 Å². The van der Waals surface area contributed by atoms with Gasteiger partial charge in [-0.3, -0.25) is 19.7 Å². The summed E-state index contributed by atoms with van der Waals surface area (Å²) in [6.45, 7) is 0. The second-order valence-corrected chi connectivity index (χ2v) is 4.95. The molecule has 0 aromatic heterocycles. The molecule has 1 aliphatic rings. The fourth-order valence-electron chi connectivity index (χ4n) is 2.47. The van der Waals surface area contributed by atoms with Crippen LogP contribution < -0.4 is 4.90 Å². The van der Waals surface area contributed by atoms with E-state index in [0.717, 1.165) is 36.4 Å². The fourth-order valence-corrected chi connectivity index (χ4v) is 2.47. The lowest BCUT2D eigenvalue weighted by Crippen LogP contribution is -2.31. The van der Waals surface area contributed by atoms with E-state index in [1.807, 2.05) is 0 Å². The van der Waals surface area contributed by atoms with Gasteiger partial charge in [0.05, 0.1) is 27.3 Å². The highest BCUT2D eigenvalue weighted by Gasteiger charge is 2.42. The van der Waals surface area contributed by atoms with Crippen LogP contribution in [-0.4, -0.2) is 16.7 Å². The van der Waals surface area contributed by atoms with Crippen LogP contribution in [0, 0.1) is 10.1 Å². The molecule has 0 atom stereocenters. The molecule has 2 amide bonds. The van der Waals surface area contributed by atoms with Gasteiger partial charge in [0.25, 0.3) is 17.5 Å². The van der Waals surface area contributed by atoms with Crippen LogP contribution in [0.2, 0.25) is 0 Å². The standard InChI is InChI=1S/C15H7F3N2O4/c16-15(17,18)11-3-1-2-4-12(11)19-13(21)9-6-5-8(20(23)24)7-10(9)14(19)22/h1-7H. The van der Waals surface area contributed by atoms with Crippen molar-refractivity contribution in [1.29, 1.82) is 0 Å². The lowest BCUT2D eigenvalue weighted by atomic mass is 10.1. The van der Waals surface area contributed by atoms with Gasteiger partial charge in [0.2, 0.25) is 0 Å². The molecule has 6 nitrogen and oxygen atoms in total. The zero-order valence-electron chi connectivity index (χ0n) is 11.7. The number of non-ortho nitro benzene ring substituents is 1. The summed E-state index contributed by atoms with van der Waals surface area (Å²) >= 11 is 0. The zero-order chi connectivity index (χ0) is 17.6. The molecule has 1 heterocycles. The van der Waals surface area contributed by atoms with Crippen LogP contribution in [0.5, 0.6) is 0 Å². The molecular weight excluding hydrogens is 329 g/mol. The molecule has 0 bridgehead atoms. The van der Waals surface area contributed by atoms with Crippen molar-refractivity contribution in [1.82, 2.24) is 0 Å². The molecule has 9 heteroatoms. The number of nitrogens with zero attached hydrogens (tertiary/aromatic N) is 2. The van der Waals surface area contributed by atoms with Crippen molar-refractivity contribution < 1.29 is 27.7 Å². The molecule has 122 valence electrons. The van der Waals surface area contributed by atoms with E-state index in [2.05, 4.69) is 0 Å². The highest BCUT2D eigenvalue weighted by Crippen LogP contribution is 2.39. The number of anilines is 1. The first kappa shape index (κ1) is 15.7. The van der Waals surface area contributed by atoms with E-state index >= 15 is 0 Å². The summed E-state index contributed by atoms with van der Waals surface area (Å²) in [5, 5.41) is 10.8. The number of hydrogen-bond acceptors (Lipinski definition) is 4. The van der Waals surface area contributed by atoms with E-state index in [9.17, 15) is 32.9 Å². The van der Waals surface area contributed by atoms with Gasteiger partial charge in [-0.1, -0.05) is 12.1 Å². The predicted molar refractivity (Wildman–Crippen MR) is 75.7 cm³/mol. The molecule has 24 heavy (non-hydrogen) atoms. The zero-order valence-corrected chi connectivity index (χ0v) is 11.7. The average molecular weight is 336 g/mol. The molecular formula is C15H7F3N2O4. The number of nitro benzene ring substituents is 1. The monoisotopic (exact) mass is 336 g/mol. The van der Waals surface area contributed by atoms with Crippen LogP contribution in [-0.2, 0) is 6.18 Å². The topological polar surface area (TPSA) is 80.5 Å². The Balaban J connectivity index is 2.15. The van der Waals surface area contributed by atoms with Crippen LogP contribution in [0.3, 0.4) is 0 Å². The first-order valence-electron chi connectivity index (χ1n) is 6.55. The Labute approximate surface area is 132 Å². The minimum Gasteiger partial charge on any atom is -0.268 e. The summed E-state index contributed by atoms with van der Waals surface area (Å²) in [6, 6.07) is 7.10. The third-order valence-corrected chi connectivity index (χ3v) is 3.53. The van der Waals surface area contributed by atoms with Crippen molar-refractivity contribution >= 4 is 23.2 Å². The number of hydrogen-bond donors (Lipinski definition) is 0. The third-order valence-electron chi connectivity index (χ3n) is 3.53. The van der Waals surface area contributed by atoms with Gasteiger partial charge in [-0.15, -0.1) is 0 Å². The Kier molecular flexibility index (Phi) is 3.36. The number of amides is 2. The van der Waals surface area contributed by atoms with E-state index in [1.54, 1.807) is 0 Å². The summed E-state index contributed by atoms with van der Waals surface area (Å²) in [7, 11) is 0. The quantitative estimate of drug-likeness (QED) is 0.478. The number of para-hydroxylation sites is 1. The molecule has 0 radical (unpaired) electrons. The average Bonchev–Trinajstić information content (AvgIpc) is 2.77. The number of rotatable bonds is 2. The molecule has 0 aliphatic carbocycles. The number of halogens is 3. The number of imide groups is 1. The molecule has 2 aromatic carbocycles. The number of carbonyl (C=O) groups excluding carboxylic acids is 2. The lowest BCUT2D eigenvalue weighted by Gasteiger charge is -2.19. The molecule has 0 unspecified atom stereocenters. The summed E-state index contributed by atoms with van der Waals surface area (Å²) < 4.78 is 39.3. The van der Waals surface area contributed by atoms with Gasteiger partial charge >= 0.3 is 6.18 Å². The van der Waals surface area contributed by atoms with Crippen molar-refractivity contribution in [2.24, 2.45) is 0 Å². The van der Waals surface area contributed by atoms with Crippen LogP contribution >= 0.6 is 0 Å². The van der Waals surface area contributed by atoms with E-state index in [4.69, 9.17) is 0 Å². The summed E-state index contributed by atoms with van der Waals surface area (Å²) in [5.74, 6) is -1.99. The maximum atomic E-state index is 13.1. The summed E-state index contributed by atoms with van der Waals surface area (Å²) in [4.78, 5) is 35.1. The second-order valence-electron chi connectivity index (χ2n) is 4.95. The van der Waals surface area contributed by atoms with Gasteiger partial charge < -0.3 is 0 Å². The van der Waals surface area contributed by atoms with Crippen molar-refractivity contribution in [3.8, 4) is 0 Å². The Morgan fingerprint density at radius 1 is 0.958 bits per heavy atom. The Morgan fingerprint density at radius 3 is 2.21 bits per heavy atom. The van der Waals surface area contributed by atoms with Gasteiger partial charge in [-0.05, 0) is 18.2 Å². The van der Waals surface area contributed by atoms with Gasteiger partial charge in [0, 0.05) is 12.1 Å². The highest BCUT2D eigenvalue weighted by molar-refractivity contribution is 6.34. The Morgan fingerprint density at radius 2 is 1.58 bits per heavy atom. The first-order chi connectivity index (χ1) is 11.2. The molecule has 0 N–H and O–H groups in total. The summed E-state index contributed by atoms with van der Waals surface area (Å²) in [5.41, 5.74) is -2.66. The van der Waals surface area contributed by atoms with Gasteiger partial charge in [0.1, 0.15) is 0 Å². The van der Waals surface area contributed by atoms with Crippen molar-refractivity contribution in [2.45, 2.75) is 6.18 Å². The van der Waals surface area contributed by atoms with Crippen LogP contribution in [0.4, 0.5) is 24.5 Å². The van der Waals surface area contributed by atoms with Crippen LogP contribution in [0.25, 0.3) is 0 Å². The van der Waals surface area contributed by atoms with Gasteiger partial charge in [0.15, 0.2) is 0 Å². The number of carbonyl (C=O) groups is 2. The molecule has 2 aromatic rings. The SMILES string of the molecule is O=C1c2ccc([N+](=O)[O-])cc2C(=O)N1c1ccccc1C(F)(F)F. The smallest absolute Gasteiger partial charge is 0.268 e. The van der Waals surface area contributed by atoms with E-state index in [0.29, 0.717) is 4.90 Å². The minimum atomic E-state index is -4.77. The highest BCUT2D eigenvalue weighted by atomic mass is 19.4. The lowest BCUT2D eigenvalue weighted by molar-refractivity contribution is -0.384. The third kappa shape index (κ3) is 2.30. The Hall–Kier alpha value is -3.23. The maximum absolute atomic E-state index is 13.1. The number of nitro groups is 1. The summed E-state index contributed by atoms with van der Waals surface area (Å²) in [6.07, 6.45) is -4.77. The second kappa shape index (κ2) is 5.15. The Bertz CT molecular complexity index is 893. The largest absolute Gasteiger partial charge is 0.418 e. The first-order valence-corrected chi connectivity index (χ1v) is 6.55. The van der Waals surface area contributed by atoms with E-state index in [-0.39, 0.29) is 11.1 Å². The minimum absolute atomic E-state index is 0.178. The van der Waals surface area contributed by atoms with E-state index in [1.165, 1.54) is 6.07 Å². The molecule has 1 aliphatic heterocycles. The van der Waals surface area contributed by atoms with Gasteiger partial charge in [-0.25, -0.2) is 4.90 Å². The number of fused-ring (bicyclic) bond motifs is 1. The molecule has 0 fully saturated rings. The maximum Gasteiger partial charge on any atom is 0.418 e.